The van der Waals surface area contributed by atoms with E-state index >= 15 is 0 Å². The summed E-state index contributed by atoms with van der Waals surface area (Å²) in [5.74, 6) is 0. The van der Waals surface area contributed by atoms with E-state index in [2.05, 4.69) is 73.7 Å². The molecule has 0 aliphatic carbocycles. The molecule has 0 aliphatic rings. The molecule has 1 N–H and O–H groups in total. The van der Waals surface area contributed by atoms with Crippen molar-refractivity contribution in [2.45, 2.75) is 0 Å². The highest BCUT2D eigenvalue weighted by molar-refractivity contribution is 9.10. The van der Waals surface area contributed by atoms with Crippen LogP contribution in [0.2, 0.25) is 0 Å². The van der Waals surface area contributed by atoms with Crippen LogP contribution >= 0.6 is 15.9 Å². The molecule has 3 rings (SSSR count). The zero-order valence-corrected chi connectivity index (χ0v) is 15.0. The largest absolute Gasteiger partial charge is 0.378 e. The molecule has 118 valence electrons. The number of nitrogens with one attached hydrogen (secondary N) is 1. The van der Waals surface area contributed by atoms with Crippen molar-refractivity contribution < 1.29 is 0 Å². The molecule has 0 fully saturated rings. The van der Waals surface area contributed by atoms with Crippen LogP contribution < -0.4 is 10.2 Å². The number of hydrogen-bond donors (Lipinski definition) is 1. The van der Waals surface area contributed by atoms with E-state index in [1.54, 1.807) is 4.68 Å². The fraction of sp³-hybridized carbons (Fsp3) is 0.167. The minimum absolute atomic E-state index is 0.944. The Morgan fingerprint density at radius 1 is 1.04 bits per heavy atom. The van der Waals surface area contributed by atoms with Gasteiger partial charge in [-0.05, 0) is 52.3 Å². The zero-order valence-electron chi connectivity index (χ0n) is 13.4. The van der Waals surface area contributed by atoms with Gasteiger partial charge in [-0.3, -0.25) is 4.68 Å². The van der Waals surface area contributed by atoms with Crippen molar-refractivity contribution in [2.24, 2.45) is 7.05 Å². The summed E-state index contributed by atoms with van der Waals surface area (Å²) in [5.41, 5.74) is 5.30. The van der Waals surface area contributed by atoms with Crippen molar-refractivity contribution in [1.82, 2.24) is 9.78 Å². The molecule has 0 bridgehead atoms. The fourth-order valence-corrected chi connectivity index (χ4v) is 3.01. The maximum atomic E-state index is 4.50. The second-order valence-electron chi connectivity index (χ2n) is 5.65. The molecule has 1 heterocycles. The van der Waals surface area contributed by atoms with Crippen molar-refractivity contribution >= 4 is 33.0 Å². The molecular weight excluding hydrogens is 352 g/mol. The Morgan fingerprint density at radius 2 is 1.78 bits per heavy atom. The molecule has 4 nitrogen and oxygen atoms in total. The third-order valence-corrected chi connectivity index (χ3v) is 4.17. The summed E-state index contributed by atoms with van der Waals surface area (Å²) in [6, 6.07) is 16.6. The lowest BCUT2D eigenvalue weighted by Gasteiger charge is -2.13. The number of nitrogens with zero attached hydrogens (tertiary/aromatic N) is 3. The van der Waals surface area contributed by atoms with Crippen LogP contribution in [-0.2, 0) is 7.05 Å². The van der Waals surface area contributed by atoms with Gasteiger partial charge in [-0.1, -0.05) is 12.1 Å². The van der Waals surface area contributed by atoms with Crippen molar-refractivity contribution in [3.8, 4) is 11.3 Å². The van der Waals surface area contributed by atoms with Crippen LogP contribution in [0.25, 0.3) is 11.3 Å². The number of aromatic nitrogens is 2. The van der Waals surface area contributed by atoms with Gasteiger partial charge in [0.05, 0.1) is 4.47 Å². The Morgan fingerprint density at radius 3 is 2.39 bits per heavy atom. The number of benzene rings is 2. The Labute approximate surface area is 144 Å². The summed E-state index contributed by atoms with van der Waals surface area (Å²) in [6.45, 7) is 0. The lowest BCUT2D eigenvalue weighted by atomic mass is 10.1. The van der Waals surface area contributed by atoms with Crippen LogP contribution in [-0.4, -0.2) is 23.9 Å². The SMILES string of the molecule is CN(C)c1ccc(Nc2cccc(-c3nn(C)cc3Br)c2)cc1. The van der Waals surface area contributed by atoms with Crippen LogP contribution in [0.15, 0.2) is 59.2 Å². The first kappa shape index (κ1) is 15.6. The van der Waals surface area contributed by atoms with Crippen LogP contribution in [0.1, 0.15) is 0 Å². The molecule has 0 amide bonds. The first-order valence-electron chi connectivity index (χ1n) is 7.37. The average molecular weight is 371 g/mol. The van der Waals surface area contributed by atoms with E-state index in [0.29, 0.717) is 0 Å². The molecule has 0 atom stereocenters. The number of anilines is 3. The maximum Gasteiger partial charge on any atom is 0.107 e. The predicted molar refractivity (Wildman–Crippen MR) is 100 cm³/mol. The quantitative estimate of drug-likeness (QED) is 0.724. The molecule has 5 heteroatoms. The Balaban J connectivity index is 1.84. The van der Waals surface area contributed by atoms with E-state index < -0.39 is 0 Å². The Kier molecular flexibility index (Phi) is 4.39. The van der Waals surface area contributed by atoms with E-state index in [9.17, 15) is 0 Å². The topological polar surface area (TPSA) is 33.1 Å². The van der Waals surface area contributed by atoms with Crippen LogP contribution in [0.3, 0.4) is 0 Å². The molecule has 0 saturated heterocycles. The van der Waals surface area contributed by atoms with Crippen LogP contribution in [0.5, 0.6) is 0 Å². The third-order valence-electron chi connectivity index (χ3n) is 3.59. The monoisotopic (exact) mass is 370 g/mol. The van der Waals surface area contributed by atoms with Crippen LogP contribution in [0.4, 0.5) is 17.1 Å². The van der Waals surface area contributed by atoms with Gasteiger partial charge in [-0.15, -0.1) is 0 Å². The van der Waals surface area contributed by atoms with Crippen molar-refractivity contribution in [1.29, 1.82) is 0 Å². The normalized spacial score (nSPS) is 10.6. The van der Waals surface area contributed by atoms with Crippen LogP contribution in [0, 0.1) is 0 Å². The molecule has 0 unspecified atom stereocenters. The second-order valence-corrected chi connectivity index (χ2v) is 6.50. The Hall–Kier alpha value is -2.27. The van der Waals surface area contributed by atoms with Gasteiger partial charge in [0.15, 0.2) is 0 Å². The summed E-state index contributed by atoms with van der Waals surface area (Å²) in [4.78, 5) is 2.09. The van der Waals surface area contributed by atoms with Gasteiger partial charge in [0.2, 0.25) is 0 Å². The van der Waals surface area contributed by atoms with Crippen molar-refractivity contribution in [3.63, 3.8) is 0 Å². The number of aryl methyl sites for hydroxylation is 1. The first-order valence-corrected chi connectivity index (χ1v) is 8.16. The average Bonchev–Trinajstić information content (AvgIpc) is 2.87. The molecule has 0 aliphatic heterocycles. The number of rotatable bonds is 4. The zero-order chi connectivity index (χ0) is 16.4. The third kappa shape index (κ3) is 3.56. The summed E-state index contributed by atoms with van der Waals surface area (Å²) in [6.07, 6.45) is 1.95. The van der Waals surface area contributed by atoms with E-state index in [1.807, 2.05) is 33.4 Å². The van der Waals surface area contributed by atoms with Gasteiger partial charge in [0.1, 0.15) is 5.69 Å². The van der Waals surface area contributed by atoms with Gasteiger partial charge < -0.3 is 10.2 Å². The minimum Gasteiger partial charge on any atom is -0.378 e. The van der Waals surface area contributed by atoms with Gasteiger partial charge in [0, 0.05) is 50.0 Å². The highest BCUT2D eigenvalue weighted by Crippen LogP contribution is 2.29. The lowest BCUT2D eigenvalue weighted by molar-refractivity contribution is 0.770. The number of hydrogen-bond acceptors (Lipinski definition) is 3. The van der Waals surface area contributed by atoms with Gasteiger partial charge in [-0.2, -0.15) is 5.10 Å². The molecule has 0 saturated carbocycles. The standard InChI is InChI=1S/C18H19BrN4/c1-22(2)16-9-7-14(8-10-16)20-15-6-4-5-13(11-15)18-17(19)12-23(3)21-18/h4-12,20H,1-3H3. The van der Waals surface area contributed by atoms with E-state index in [4.69, 9.17) is 0 Å². The first-order chi connectivity index (χ1) is 11.0. The van der Waals surface area contributed by atoms with Gasteiger partial charge in [-0.25, -0.2) is 0 Å². The maximum absolute atomic E-state index is 4.50. The second kappa shape index (κ2) is 6.46. The highest BCUT2D eigenvalue weighted by atomic mass is 79.9. The molecule has 0 radical (unpaired) electrons. The van der Waals surface area contributed by atoms with Gasteiger partial charge >= 0.3 is 0 Å². The van der Waals surface area contributed by atoms with Crippen molar-refractivity contribution in [2.75, 3.05) is 24.3 Å². The fourth-order valence-electron chi connectivity index (χ4n) is 2.41. The van der Waals surface area contributed by atoms with E-state index in [0.717, 1.165) is 27.1 Å². The lowest BCUT2D eigenvalue weighted by Crippen LogP contribution is -2.08. The predicted octanol–water partition coefficient (Wildman–Crippen LogP) is 4.66. The highest BCUT2D eigenvalue weighted by Gasteiger charge is 2.08. The molecule has 2 aromatic carbocycles. The Bertz CT molecular complexity index is 806. The van der Waals surface area contributed by atoms with Crippen molar-refractivity contribution in [3.05, 3.63) is 59.2 Å². The summed E-state index contributed by atoms with van der Waals surface area (Å²) in [7, 11) is 6.00. The smallest absolute Gasteiger partial charge is 0.107 e. The molecule has 1 aromatic heterocycles. The summed E-state index contributed by atoms with van der Waals surface area (Å²) >= 11 is 3.56. The molecular formula is C18H19BrN4. The van der Waals surface area contributed by atoms with E-state index in [1.165, 1.54) is 5.69 Å². The summed E-state index contributed by atoms with van der Waals surface area (Å²) < 4.78 is 2.80. The molecule has 3 aromatic rings. The molecule has 23 heavy (non-hydrogen) atoms. The van der Waals surface area contributed by atoms with Gasteiger partial charge in [0.25, 0.3) is 0 Å². The molecule has 0 spiro atoms. The van der Waals surface area contributed by atoms with E-state index in [-0.39, 0.29) is 0 Å². The number of halogens is 1. The summed E-state index contributed by atoms with van der Waals surface area (Å²) in [5, 5.41) is 7.93. The minimum atomic E-state index is 0.944.